The highest BCUT2D eigenvalue weighted by atomic mass is 19.1. The van der Waals surface area contributed by atoms with Crippen LogP contribution >= 0.6 is 0 Å². The molecule has 0 saturated carbocycles. The van der Waals surface area contributed by atoms with Crippen molar-refractivity contribution in [1.82, 2.24) is 10.3 Å². The first-order valence-electron chi connectivity index (χ1n) is 6.98. The zero-order valence-electron chi connectivity index (χ0n) is 12.9. The molecule has 0 fully saturated rings. The zero-order valence-corrected chi connectivity index (χ0v) is 12.9. The fourth-order valence-electron chi connectivity index (χ4n) is 1.80. The summed E-state index contributed by atoms with van der Waals surface area (Å²) in [6.07, 6.45) is 1.67. The number of nitrogens with one attached hydrogen (secondary N) is 1. The Kier molecular flexibility index (Phi) is 4.58. The number of ether oxygens (including phenoxy) is 1. The summed E-state index contributed by atoms with van der Waals surface area (Å²) in [6.45, 7) is 8.63. The second-order valence-corrected chi connectivity index (χ2v) is 6.08. The maximum absolute atomic E-state index is 13.9. The molecular formula is C17H21FN2O. The van der Waals surface area contributed by atoms with Crippen LogP contribution in [0.2, 0.25) is 0 Å². The van der Waals surface area contributed by atoms with Crippen molar-refractivity contribution in [3.63, 3.8) is 0 Å². The predicted octanol–water partition coefficient (Wildman–Crippen LogP) is 4.21. The number of aryl methyl sites for hydroxylation is 1. The molecule has 0 aliphatic carbocycles. The van der Waals surface area contributed by atoms with Crippen molar-refractivity contribution in [2.75, 3.05) is 0 Å². The van der Waals surface area contributed by atoms with E-state index in [9.17, 15) is 4.39 Å². The predicted molar refractivity (Wildman–Crippen MR) is 82.0 cm³/mol. The molecule has 0 saturated heterocycles. The van der Waals surface area contributed by atoms with Gasteiger partial charge in [-0.25, -0.2) is 4.39 Å². The van der Waals surface area contributed by atoms with Gasteiger partial charge >= 0.3 is 0 Å². The molecule has 0 aliphatic rings. The van der Waals surface area contributed by atoms with Crippen molar-refractivity contribution in [2.45, 2.75) is 39.8 Å². The largest absolute Gasteiger partial charge is 0.454 e. The van der Waals surface area contributed by atoms with Gasteiger partial charge in [0.15, 0.2) is 11.6 Å². The SMILES string of the molecule is Cc1cccc(Oc2ccnc(CNC(C)(C)C)c2)c1F. The van der Waals surface area contributed by atoms with Gasteiger partial charge in [-0.05, 0) is 45.4 Å². The number of pyridine rings is 1. The molecule has 1 aromatic heterocycles. The first kappa shape index (κ1) is 15.4. The first-order valence-corrected chi connectivity index (χ1v) is 6.98. The molecule has 1 heterocycles. The van der Waals surface area contributed by atoms with E-state index in [-0.39, 0.29) is 17.1 Å². The van der Waals surface area contributed by atoms with Crippen LogP contribution in [0.5, 0.6) is 11.5 Å². The Morgan fingerprint density at radius 3 is 2.71 bits per heavy atom. The molecule has 2 aromatic rings. The van der Waals surface area contributed by atoms with Gasteiger partial charge in [0.25, 0.3) is 0 Å². The minimum atomic E-state index is -0.330. The van der Waals surface area contributed by atoms with Crippen LogP contribution in [-0.2, 0) is 6.54 Å². The molecule has 0 unspecified atom stereocenters. The standard InChI is InChI=1S/C17H21FN2O/c1-12-6-5-7-15(16(12)18)21-14-8-9-19-13(10-14)11-20-17(2,3)4/h5-10,20H,11H2,1-4H3. The molecule has 0 amide bonds. The number of hydrogen-bond donors (Lipinski definition) is 1. The van der Waals surface area contributed by atoms with E-state index in [4.69, 9.17) is 4.74 Å². The average molecular weight is 288 g/mol. The Balaban J connectivity index is 2.12. The fraction of sp³-hybridized carbons (Fsp3) is 0.353. The van der Waals surface area contributed by atoms with Crippen LogP contribution in [0.1, 0.15) is 32.0 Å². The second kappa shape index (κ2) is 6.22. The number of rotatable bonds is 4. The fourth-order valence-corrected chi connectivity index (χ4v) is 1.80. The summed E-state index contributed by atoms with van der Waals surface area (Å²) < 4.78 is 19.6. The Morgan fingerprint density at radius 2 is 2.00 bits per heavy atom. The molecule has 0 radical (unpaired) electrons. The maximum Gasteiger partial charge on any atom is 0.168 e. The Morgan fingerprint density at radius 1 is 1.24 bits per heavy atom. The van der Waals surface area contributed by atoms with Crippen molar-refractivity contribution < 1.29 is 9.13 Å². The summed E-state index contributed by atoms with van der Waals surface area (Å²) in [6, 6.07) is 8.66. The minimum absolute atomic E-state index is 0.0151. The van der Waals surface area contributed by atoms with Crippen LogP contribution in [0.3, 0.4) is 0 Å². The van der Waals surface area contributed by atoms with Gasteiger partial charge in [-0.3, -0.25) is 4.98 Å². The third-order valence-electron chi connectivity index (χ3n) is 2.97. The van der Waals surface area contributed by atoms with E-state index in [2.05, 4.69) is 31.1 Å². The lowest BCUT2D eigenvalue weighted by atomic mass is 10.1. The normalized spacial score (nSPS) is 11.5. The van der Waals surface area contributed by atoms with Gasteiger partial charge < -0.3 is 10.1 Å². The zero-order chi connectivity index (χ0) is 15.5. The lowest BCUT2D eigenvalue weighted by Crippen LogP contribution is -2.35. The highest BCUT2D eigenvalue weighted by Crippen LogP contribution is 2.26. The molecule has 1 N–H and O–H groups in total. The Labute approximate surface area is 125 Å². The summed E-state index contributed by atoms with van der Waals surface area (Å²) in [7, 11) is 0. The quantitative estimate of drug-likeness (QED) is 0.915. The van der Waals surface area contributed by atoms with Crippen molar-refractivity contribution in [3.8, 4) is 11.5 Å². The van der Waals surface area contributed by atoms with Gasteiger partial charge in [0, 0.05) is 24.3 Å². The van der Waals surface area contributed by atoms with Gasteiger partial charge in [0.2, 0.25) is 0 Å². The molecule has 3 nitrogen and oxygen atoms in total. The van der Waals surface area contributed by atoms with E-state index in [1.54, 1.807) is 37.4 Å². The van der Waals surface area contributed by atoms with Crippen LogP contribution in [-0.4, -0.2) is 10.5 Å². The highest BCUT2D eigenvalue weighted by Gasteiger charge is 2.10. The van der Waals surface area contributed by atoms with Crippen molar-refractivity contribution in [2.24, 2.45) is 0 Å². The summed E-state index contributed by atoms with van der Waals surface area (Å²) in [5.74, 6) is 0.486. The van der Waals surface area contributed by atoms with Crippen LogP contribution in [0.25, 0.3) is 0 Å². The number of benzene rings is 1. The Bertz CT molecular complexity index is 620. The Hall–Kier alpha value is -1.94. The third kappa shape index (κ3) is 4.53. The molecule has 21 heavy (non-hydrogen) atoms. The van der Waals surface area contributed by atoms with Crippen molar-refractivity contribution >= 4 is 0 Å². The van der Waals surface area contributed by atoms with Crippen molar-refractivity contribution in [1.29, 1.82) is 0 Å². The first-order chi connectivity index (χ1) is 9.85. The topological polar surface area (TPSA) is 34.1 Å². The smallest absolute Gasteiger partial charge is 0.168 e. The molecule has 112 valence electrons. The number of halogens is 1. The molecule has 0 spiro atoms. The van der Waals surface area contributed by atoms with Gasteiger partial charge in [-0.1, -0.05) is 12.1 Å². The van der Waals surface area contributed by atoms with Gasteiger partial charge in [-0.2, -0.15) is 0 Å². The van der Waals surface area contributed by atoms with E-state index in [0.29, 0.717) is 17.9 Å². The summed E-state index contributed by atoms with van der Waals surface area (Å²) in [5.41, 5.74) is 1.44. The molecule has 4 heteroatoms. The molecule has 1 aromatic carbocycles. The summed E-state index contributed by atoms with van der Waals surface area (Å²) in [5, 5.41) is 3.36. The molecule has 2 rings (SSSR count). The number of aromatic nitrogens is 1. The summed E-state index contributed by atoms with van der Waals surface area (Å²) in [4.78, 5) is 4.29. The molecule has 0 atom stereocenters. The maximum atomic E-state index is 13.9. The number of hydrogen-bond acceptors (Lipinski definition) is 3. The van der Waals surface area contributed by atoms with E-state index in [1.807, 2.05) is 6.07 Å². The van der Waals surface area contributed by atoms with Crippen LogP contribution in [0.4, 0.5) is 4.39 Å². The van der Waals surface area contributed by atoms with E-state index in [0.717, 1.165) is 5.69 Å². The average Bonchev–Trinajstić information content (AvgIpc) is 2.41. The van der Waals surface area contributed by atoms with E-state index in [1.165, 1.54) is 0 Å². The van der Waals surface area contributed by atoms with Gasteiger partial charge in [-0.15, -0.1) is 0 Å². The van der Waals surface area contributed by atoms with Crippen LogP contribution in [0.15, 0.2) is 36.5 Å². The molecule has 0 bridgehead atoms. The highest BCUT2D eigenvalue weighted by molar-refractivity contribution is 5.35. The minimum Gasteiger partial charge on any atom is -0.454 e. The lowest BCUT2D eigenvalue weighted by molar-refractivity contribution is 0.417. The van der Waals surface area contributed by atoms with E-state index >= 15 is 0 Å². The lowest BCUT2D eigenvalue weighted by Gasteiger charge is -2.20. The van der Waals surface area contributed by atoms with Gasteiger partial charge in [0.05, 0.1) is 5.69 Å². The van der Waals surface area contributed by atoms with Crippen molar-refractivity contribution in [3.05, 3.63) is 53.6 Å². The van der Waals surface area contributed by atoms with Crippen LogP contribution in [0, 0.1) is 12.7 Å². The third-order valence-corrected chi connectivity index (χ3v) is 2.97. The molecule has 0 aliphatic heterocycles. The van der Waals surface area contributed by atoms with E-state index < -0.39 is 0 Å². The van der Waals surface area contributed by atoms with Gasteiger partial charge in [0.1, 0.15) is 5.75 Å². The monoisotopic (exact) mass is 288 g/mol. The van der Waals surface area contributed by atoms with Crippen LogP contribution < -0.4 is 10.1 Å². The second-order valence-electron chi connectivity index (χ2n) is 6.08. The molecular weight excluding hydrogens is 267 g/mol. The number of nitrogens with zero attached hydrogens (tertiary/aromatic N) is 1. The summed E-state index contributed by atoms with van der Waals surface area (Å²) >= 11 is 0.